The van der Waals surface area contributed by atoms with Crippen LogP contribution in [0.2, 0.25) is 0 Å². The fourth-order valence-electron chi connectivity index (χ4n) is 2.58. The van der Waals surface area contributed by atoms with Gasteiger partial charge in [-0.1, -0.05) is 44.9 Å². The highest BCUT2D eigenvalue weighted by Gasteiger charge is 2.39. The molecule has 1 heterocycles. The quantitative estimate of drug-likeness (QED) is 0.777. The molecule has 2 N–H and O–H groups in total. The lowest BCUT2D eigenvalue weighted by atomic mass is 9.98. The van der Waals surface area contributed by atoms with Crippen LogP contribution in [0.3, 0.4) is 0 Å². The summed E-state index contributed by atoms with van der Waals surface area (Å²) in [5.74, 6) is 0. The molecule has 0 spiro atoms. The number of benzene rings is 1. The monoisotopic (exact) mass is 277 g/mol. The van der Waals surface area contributed by atoms with Crippen molar-refractivity contribution < 1.29 is 0 Å². The zero-order valence-corrected chi connectivity index (χ0v) is 12.6. The van der Waals surface area contributed by atoms with E-state index >= 15 is 0 Å². The zero-order valence-electron chi connectivity index (χ0n) is 11.8. The van der Waals surface area contributed by atoms with Crippen LogP contribution in [0.15, 0.2) is 30.3 Å². The first-order valence-corrected chi connectivity index (χ1v) is 7.57. The van der Waals surface area contributed by atoms with Crippen LogP contribution in [0.5, 0.6) is 0 Å². The van der Waals surface area contributed by atoms with Crippen molar-refractivity contribution in [3.8, 4) is 0 Å². The number of nitrogens with zero attached hydrogens (tertiary/aromatic N) is 1. The summed E-state index contributed by atoms with van der Waals surface area (Å²) in [6.07, 6.45) is 5.71. The highest BCUT2D eigenvalue weighted by molar-refractivity contribution is 7.80. The molecule has 4 heteroatoms. The Morgan fingerprint density at radius 3 is 2.47 bits per heavy atom. The third kappa shape index (κ3) is 3.25. The van der Waals surface area contributed by atoms with Gasteiger partial charge in [0, 0.05) is 0 Å². The maximum Gasteiger partial charge on any atom is 0.189 e. The first-order valence-electron chi connectivity index (χ1n) is 7.16. The zero-order chi connectivity index (χ0) is 13.7. The van der Waals surface area contributed by atoms with Crippen molar-refractivity contribution in [1.29, 1.82) is 0 Å². The Balaban J connectivity index is 2.15. The standard InChI is InChI=1S/C15H23N3S/c1-3-5-12-15(11-4-2)16-14(19)18(17-15)13-9-7-6-8-10-13/h6-10,17H,3-5,11-12H2,1-2H3,(H,16,19). The highest BCUT2D eigenvalue weighted by atomic mass is 32.1. The molecule has 104 valence electrons. The normalized spacial score (nSPS) is 22.6. The molecule has 1 aromatic rings. The molecule has 3 nitrogen and oxygen atoms in total. The first kappa shape index (κ1) is 14.3. The van der Waals surface area contributed by atoms with Crippen molar-refractivity contribution in [1.82, 2.24) is 10.7 Å². The maximum atomic E-state index is 5.49. The fraction of sp³-hybridized carbons (Fsp3) is 0.533. The number of nitrogens with one attached hydrogen (secondary N) is 2. The Labute approximate surface area is 121 Å². The summed E-state index contributed by atoms with van der Waals surface area (Å²) in [5, 5.41) is 6.27. The summed E-state index contributed by atoms with van der Waals surface area (Å²) in [5.41, 5.74) is 4.61. The van der Waals surface area contributed by atoms with Crippen molar-refractivity contribution in [2.45, 2.75) is 51.6 Å². The second-order valence-corrected chi connectivity index (χ2v) is 5.54. The summed E-state index contributed by atoms with van der Waals surface area (Å²) >= 11 is 5.49. The van der Waals surface area contributed by atoms with Gasteiger partial charge < -0.3 is 5.32 Å². The van der Waals surface area contributed by atoms with Crippen LogP contribution < -0.4 is 15.8 Å². The van der Waals surface area contributed by atoms with E-state index in [-0.39, 0.29) is 5.66 Å². The van der Waals surface area contributed by atoms with Crippen LogP contribution in [-0.2, 0) is 0 Å². The third-order valence-electron chi connectivity index (χ3n) is 3.52. The van der Waals surface area contributed by atoms with Gasteiger partial charge in [-0.05, 0) is 43.6 Å². The van der Waals surface area contributed by atoms with E-state index < -0.39 is 0 Å². The van der Waals surface area contributed by atoms with Crippen molar-refractivity contribution in [3.05, 3.63) is 30.3 Å². The van der Waals surface area contributed by atoms with E-state index in [4.69, 9.17) is 12.2 Å². The third-order valence-corrected chi connectivity index (χ3v) is 3.81. The summed E-state index contributed by atoms with van der Waals surface area (Å²) < 4.78 is 0. The lowest BCUT2D eigenvalue weighted by molar-refractivity contribution is 0.281. The smallest absolute Gasteiger partial charge is 0.189 e. The highest BCUT2D eigenvalue weighted by Crippen LogP contribution is 2.26. The van der Waals surface area contributed by atoms with Gasteiger partial charge in [-0.15, -0.1) is 0 Å². The number of thiocarbonyl (C=S) groups is 1. The number of anilines is 1. The van der Waals surface area contributed by atoms with Gasteiger partial charge in [0.1, 0.15) is 5.66 Å². The molecule has 1 saturated heterocycles. The molecule has 0 aromatic heterocycles. The summed E-state index contributed by atoms with van der Waals surface area (Å²) in [6.45, 7) is 4.44. The topological polar surface area (TPSA) is 27.3 Å². The van der Waals surface area contributed by atoms with E-state index in [1.54, 1.807) is 0 Å². The Hall–Kier alpha value is -1.13. The van der Waals surface area contributed by atoms with Crippen molar-refractivity contribution in [2.75, 3.05) is 5.01 Å². The van der Waals surface area contributed by atoms with Crippen LogP contribution in [-0.4, -0.2) is 10.8 Å². The van der Waals surface area contributed by atoms with Crippen LogP contribution >= 0.6 is 12.2 Å². The molecule has 1 aliphatic heterocycles. The van der Waals surface area contributed by atoms with Gasteiger partial charge in [0.15, 0.2) is 5.11 Å². The SMILES string of the molecule is CCCCC1(CCC)NC(=S)N(c2ccccc2)N1. The van der Waals surface area contributed by atoms with Gasteiger partial charge in [0.2, 0.25) is 0 Å². The van der Waals surface area contributed by atoms with E-state index in [1.807, 2.05) is 23.2 Å². The van der Waals surface area contributed by atoms with Gasteiger partial charge in [-0.25, -0.2) is 5.43 Å². The fourth-order valence-corrected chi connectivity index (χ4v) is 2.93. The molecular formula is C15H23N3S. The molecule has 1 aliphatic rings. The van der Waals surface area contributed by atoms with Gasteiger partial charge >= 0.3 is 0 Å². The van der Waals surface area contributed by atoms with Crippen LogP contribution in [0.25, 0.3) is 0 Å². The van der Waals surface area contributed by atoms with E-state index in [0.717, 1.165) is 30.1 Å². The number of hydrogen-bond donors (Lipinski definition) is 2. The minimum Gasteiger partial charge on any atom is -0.342 e. The second kappa shape index (κ2) is 6.35. The average Bonchev–Trinajstić information content (AvgIpc) is 2.75. The molecule has 0 saturated carbocycles. The Morgan fingerprint density at radius 1 is 1.11 bits per heavy atom. The van der Waals surface area contributed by atoms with E-state index in [0.29, 0.717) is 0 Å². The summed E-state index contributed by atoms with van der Waals surface area (Å²) in [7, 11) is 0. The Bertz CT molecular complexity index is 421. The molecule has 1 unspecified atom stereocenters. The van der Waals surface area contributed by atoms with E-state index in [9.17, 15) is 0 Å². The van der Waals surface area contributed by atoms with Crippen molar-refractivity contribution in [2.24, 2.45) is 0 Å². The Morgan fingerprint density at radius 2 is 1.84 bits per heavy atom. The maximum absolute atomic E-state index is 5.49. The molecule has 0 radical (unpaired) electrons. The van der Waals surface area contributed by atoms with Crippen LogP contribution in [0.1, 0.15) is 46.0 Å². The number of rotatable bonds is 6. The average molecular weight is 277 g/mol. The largest absolute Gasteiger partial charge is 0.342 e. The minimum atomic E-state index is -0.0717. The number of para-hydroxylation sites is 1. The van der Waals surface area contributed by atoms with E-state index in [1.165, 1.54) is 12.8 Å². The van der Waals surface area contributed by atoms with Gasteiger partial charge in [0.25, 0.3) is 0 Å². The number of hydrazine groups is 1. The lowest BCUT2D eigenvalue weighted by Crippen LogP contribution is -2.51. The van der Waals surface area contributed by atoms with Crippen molar-refractivity contribution >= 4 is 23.0 Å². The Kier molecular flexibility index (Phi) is 4.77. The second-order valence-electron chi connectivity index (χ2n) is 5.15. The van der Waals surface area contributed by atoms with Gasteiger partial charge in [-0.2, -0.15) is 0 Å². The first-order chi connectivity index (χ1) is 9.21. The van der Waals surface area contributed by atoms with Crippen LogP contribution in [0.4, 0.5) is 5.69 Å². The van der Waals surface area contributed by atoms with Gasteiger partial charge in [0.05, 0.1) is 5.69 Å². The van der Waals surface area contributed by atoms with Crippen LogP contribution in [0, 0.1) is 0 Å². The molecular weight excluding hydrogens is 254 g/mol. The molecule has 2 rings (SSSR count). The lowest BCUT2D eigenvalue weighted by Gasteiger charge is -2.29. The van der Waals surface area contributed by atoms with E-state index in [2.05, 4.69) is 36.7 Å². The predicted molar refractivity (Wildman–Crippen MR) is 85.0 cm³/mol. The number of hydrogen-bond acceptors (Lipinski definition) is 2. The summed E-state index contributed by atoms with van der Waals surface area (Å²) in [4.78, 5) is 0. The molecule has 1 atom stereocenters. The minimum absolute atomic E-state index is 0.0717. The van der Waals surface area contributed by atoms with Crippen molar-refractivity contribution in [3.63, 3.8) is 0 Å². The summed E-state index contributed by atoms with van der Waals surface area (Å²) in [6, 6.07) is 10.2. The molecule has 19 heavy (non-hydrogen) atoms. The predicted octanol–water partition coefficient (Wildman–Crippen LogP) is 3.57. The molecule has 0 aliphatic carbocycles. The molecule has 1 aromatic carbocycles. The number of unbranched alkanes of at least 4 members (excludes halogenated alkanes) is 1. The molecule has 0 amide bonds. The molecule has 1 fully saturated rings. The van der Waals surface area contributed by atoms with Gasteiger partial charge in [-0.3, -0.25) is 5.01 Å². The molecule has 0 bridgehead atoms.